The summed E-state index contributed by atoms with van der Waals surface area (Å²) in [5.74, 6) is 2.34. The summed E-state index contributed by atoms with van der Waals surface area (Å²) < 4.78 is 0. The lowest BCUT2D eigenvalue weighted by Crippen LogP contribution is -1.64. The minimum atomic E-state index is 0.450. The second kappa shape index (κ2) is 4.00. The zero-order valence-electron chi connectivity index (χ0n) is 5.02. The van der Waals surface area contributed by atoms with Crippen molar-refractivity contribution in [3.8, 4) is 12.3 Å². The van der Waals surface area contributed by atoms with E-state index < -0.39 is 0 Å². The minimum Gasteiger partial charge on any atom is -0.115 e. The molecule has 0 heterocycles. The molecule has 0 aliphatic carbocycles. The Hall–Kier alpha value is -0.930. The fourth-order valence-corrected chi connectivity index (χ4v) is 0.302. The van der Waals surface area contributed by atoms with Crippen LogP contribution >= 0.6 is 11.6 Å². The van der Waals surface area contributed by atoms with Gasteiger partial charge in [-0.05, 0) is 12.2 Å². The van der Waals surface area contributed by atoms with Gasteiger partial charge in [0.15, 0.2) is 0 Å². The van der Waals surface area contributed by atoms with Gasteiger partial charge in [0.25, 0.3) is 0 Å². The summed E-state index contributed by atoms with van der Waals surface area (Å²) >= 11 is 5.39. The second-order valence-electron chi connectivity index (χ2n) is 1.45. The molecule has 0 spiro atoms. The van der Waals surface area contributed by atoms with Crippen LogP contribution in [0.15, 0.2) is 35.9 Å². The van der Waals surface area contributed by atoms with E-state index in [4.69, 9.17) is 18.0 Å². The molecule has 0 fully saturated rings. The van der Waals surface area contributed by atoms with Crippen LogP contribution in [0.4, 0.5) is 0 Å². The molecule has 0 aromatic rings. The van der Waals surface area contributed by atoms with Crippen LogP contribution in [0, 0.1) is 12.3 Å². The average Bonchev–Trinajstić information content (AvgIpc) is 1.83. The first-order chi connectivity index (χ1) is 4.16. The van der Waals surface area contributed by atoms with Crippen LogP contribution < -0.4 is 0 Å². The van der Waals surface area contributed by atoms with Crippen molar-refractivity contribution in [3.05, 3.63) is 35.9 Å². The Morgan fingerprint density at radius 3 is 2.33 bits per heavy atom. The van der Waals surface area contributed by atoms with Gasteiger partial charge < -0.3 is 0 Å². The molecule has 0 N–H and O–H groups in total. The molecular weight excluding hydrogens is 132 g/mol. The third-order valence-electron chi connectivity index (χ3n) is 0.651. The quantitative estimate of drug-likeness (QED) is 0.406. The van der Waals surface area contributed by atoms with Crippen LogP contribution in [-0.4, -0.2) is 0 Å². The summed E-state index contributed by atoms with van der Waals surface area (Å²) in [6, 6.07) is 0. The van der Waals surface area contributed by atoms with Crippen molar-refractivity contribution in [2.75, 3.05) is 0 Å². The highest BCUT2D eigenvalue weighted by atomic mass is 35.5. The monoisotopic (exact) mass is 138 g/mol. The molecule has 0 amide bonds. The predicted octanol–water partition coefficient (Wildman–Crippen LogP) is 2.48. The molecule has 0 bridgehead atoms. The fourth-order valence-electron chi connectivity index (χ4n) is 0.239. The van der Waals surface area contributed by atoms with Gasteiger partial charge in [-0.3, -0.25) is 0 Å². The summed E-state index contributed by atoms with van der Waals surface area (Å²) in [7, 11) is 0. The Balaban J connectivity index is 3.90. The van der Waals surface area contributed by atoms with E-state index in [1.165, 1.54) is 0 Å². The van der Waals surface area contributed by atoms with Gasteiger partial charge in [0.2, 0.25) is 0 Å². The van der Waals surface area contributed by atoms with E-state index in [0.29, 0.717) is 10.6 Å². The average molecular weight is 139 g/mol. The predicted molar refractivity (Wildman–Crippen MR) is 42.1 cm³/mol. The highest BCUT2D eigenvalue weighted by Gasteiger charge is 1.77. The maximum absolute atomic E-state index is 5.39. The van der Waals surface area contributed by atoms with Gasteiger partial charge in [0.05, 0.1) is 0 Å². The second-order valence-corrected chi connectivity index (χ2v) is 1.94. The van der Waals surface area contributed by atoms with E-state index in [9.17, 15) is 0 Å². The molecule has 0 saturated carbocycles. The Morgan fingerprint density at radius 1 is 1.44 bits per heavy atom. The van der Waals surface area contributed by atoms with E-state index >= 15 is 0 Å². The van der Waals surface area contributed by atoms with Gasteiger partial charge in [0, 0.05) is 10.6 Å². The van der Waals surface area contributed by atoms with Gasteiger partial charge in [-0.2, -0.15) is 0 Å². The maximum Gasteiger partial charge on any atom is 0.0334 e. The van der Waals surface area contributed by atoms with Crippen LogP contribution in [-0.2, 0) is 0 Å². The van der Waals surface area contributed by atoms with E-state index in [1.54, 1.807) is 12.2 Å². The van der Waals surface area contributed by atoms with Gasteiger partial charge in [-0.25, -0.2) is 0 Å². The molecule has 0 aliphatic heterocycles. The van der Waals surface area contributed by atoms with Crippen molar-refractivity contribution in [1.82, 2.24) is 0 Å². The lowest BCUT2D eigenvalue weighted by Gasteiger charge is -1.82. The zero-order valence-corrected chi connectivity index (χ0v) is 5.78. The van der Waals surface area contributed by atoms with Gasteiger partial charge >= 0.3 is 0 Å². The highest BCUT2D eigenvalue weighted by molar-refractivity contribution is 6.30. The highest BCUT2D eigenvalue weighted by Crippen LogP contribution is 2.00. The molecule has 0 aromatic carbocycles. The molecule has 0 aliphatic rings. The molecule has 0 unspecified atom stereocenters. The van der Waals surface area contributed by atoms with Crippen molar-refractivity contribution in [1.29, 1.82) is 0 Å². The first-order valence-electron chi connectivity index (χ1n) is 2.35. The third-order valence-corrected chi connectivity index (χ3v) is 0.777. The number of rotatable bonds is 2. The van der Waals surface area contributed by atoms with Gasteiger partial charge in [-0.1, -0.05) is 30.7 Å². The lowest BCUT2D eigenvalue weighted by atomic mass is 10.3. The molecule has 0 atom stereocenters. The van der Waals surface area contributed by atoms with Crippen molar-refractivity contribution in [3.63, 3.8) is 0 Å². The molecule has 9 heavy (non-hydrogen) atoms. The van der Waals surface area contributed by atoms with Crippen molar-refractivity contribution < 1.29 is 0 Å². The molecule has 1 heteroatoms. The van der Waals surface area contributed by atoms with Crippen LogP contribution in [0.25, 0.3) is 0 Å². The normalized spacial score (nSPS) is 8.89. The summed E-state index contributed by atoms with van der Waals surface area (Å²) in [6.45, 7) is 6.95. The number of allylic oxidation sites excluding steroid dienone is 4. The molecule has 0 radical (unpaired) electrons. The standard InChI is InChI=1S/C8H7Cl/c1-4-7(2)5-6-8(3)9/h1,5-6H,2-3H2/b6-5-. The molecule has 0 nitrogen and oxygen atoms in total. The molecular formula is C8H7Cl. The summed E-state index contributed by atoms with van der Waals surface area (Å²) in [6.07, 6.45) is 8.22. The SMILES string of the molecule is C#CC(=C)/C=C\C(=C)Cl. The van der Waals surface area contributed by atoms with Crippen molar-refractivity contribution in [2.24, 2.45) is 0 Å². The Kier molecular flexibility index (Phi) is 3.59. The van der Waals surface area contributed by atoms with E-state index in [1.807, 2.05) is 0 Å². The summed E-state index contributed by atoms with van der Waals surface area (Å²) in [5, 5.41) is 0.450. The number of terminal acetylenes is 1. The van der Waals surface area contributed by atoms with Crippen molar-refractivity contribution >= 4 is 11.6 Å². The van der Waals surface area contributed by atoms with E-state index in [0.717, 1.165) is 0 Å². The first-order valence-corrected chi connectivity index (χ1v) is 2.72. The molecule has 0 rings (SSSR count). The van der Waals surface area contributed by atoms with Crippen molar-refractivity contribution in [2.45, 2.75) is 0 Å². The Morgan fingerprint density at radius 2 is 2.00 bits per heavy atom. The summed E-state index contributed by atoms with van der Waals surface area (Å²) in [4.78, 5) is 0. The molecule has 46 valence electrons. The van der Waals surface area contributed by atoms with Crippen LogP contribution in [0.5, 0.6) is 0 Å². The van der Waals surface area contributed by atoms with Crippen LogP contribution in [0.3, 0.4) is 0 Å². The number of halogens is 1. The number of hydrogen-bond acceptors (Lipinski definition) is 0. The Labute approximate surface area is 60.5 Å². The molecule has 0 aromatic heterocycles. The Bertz CT molecular complexity index is 191. The van der Waals surface area contributed by atoms with Crippen LogP contribution in [0.1, 0.15) is 0 Å². The zero-order chi connectivity index (χ0) is 7.28. The largest absolute Gasteiger partial charge is 0.115 e. The smallest absolute Gasteiger partial charge is 0.0334 e. The molecule has 0 saturated heterocycles. The van der Waals surface area contributed by atoms with E-state index in [-0.39, 0.29) is 0 Å². The first kappa shape index (κ1) is 8.07. The third kappa shape index (κ3) is 4.93. The van der Waals surface area contributed by atoms with Gasteiger partial charge in [-0.15, -0.1) is 6.42 Å². The lowest BCUT2D eigenvalue weighted by molar-refractivity contribution is 1.81. The minimum absolute atomic E-state index is 0.450. The maximum atomic E-state index is 5.39. The number of hydrogen-bond donors (Lipinski definition) is 0. The van der Waals surface area contributed by atoms with Crippen LogP contribution in [0.2, 0.25) is 0 Å². The van der Waals surface area contributed by atoms with Gasteiger partial charge in [0.1, 0.15) is 0 Å². The topological polar surface area (TPSA) is 0 Å². The summed E-state index contributed by atoms with van der Waals surface area (Å²) in [5.41, 5.74) is 0.594. The van der Waals surface area contributed by atoms with E-state index in [2.05, 4.69) is 19.1 Å². The fraction of sp³-hybridized carbons (Fsp3) is 0.